The molecule has 0 aliphatic rings. The first kappa shape index (κ1) is 17.0. The van der Waals surface area contributed by atoms with Crippen LogP contribution in [-0.4, -0.2) is 18.7 Å². The fourth-order valence-corrected chi connectivity index (χ4v) is 3.17. The third kappa shape index (κ3) is 2.87. The minimum atomic E-state index is -0.552. The van der Waals surface area contributed by atoms with Crippen molar-refractivity contribution in [1.29, 1.82) is 0 Å². The lowest BCUT2D eigenvalue weighted by atomic mass is 10.2. The molecule has 4 aromatic rings. The number of hydrogen-bond donors (Lipinski definition) is 0. The van der Waals surface area contributed by atoms with Gasteiger partial charge in [-0.15, -0.1) is 0 Å². The Balaban J connectivity index is 2.06. The van der Waals surface area contributed by atoms with Crippen LogP contribution in [0.1, 0.15) is 12.5 Å². The van der Waals surface area contributed by atoms with E-state index in [1.165, 1.54) is 29.1 Å². The zero-order chi connectivity index (χ0) is 19.0. The van der Waals surface area contributed by atoms with Gasteiger partial charge >= 0.3 is 5.69 Å². The van der Waals surface area contributed by atoms with E-state index < -0.39 is 17.1 Å². The summed E-state index contributed by atoms with van der Waals surface area (Å²) in [6.45, 7) is 2.54. The molecule has 2 aromatic heterocycles. The number of rotatable bonds is 4. The summed E-state index contributed by atoms with van der Waals surface area (Å²) < 4.78 is 17.9. The monoisotopic (exact) mass is 364 g/mol. The van der Waals surface area contributed by atoms with E-state index in [4.69, 9.17) is 0 Å². The van der Waals surface area contributed by atoms with Crippen molar-refractivity contribution in [1.82, 2.24) is 18.7 Å². The van der Waals surface area contributed by atoms with Gasteiger partial charge in [0.25, 0.3) is 5.56 Å². The standard InChI is InChI=1S/C20H17FN4O2/c1-2-23-13-22-18-17(23)19(26)24(12-14-7-4-3-5-8-14)20(27)25(18)16-10-6-9-15(21)11-16/h3-11,13H,2,12H2,1H3. The Labute approximate surface area is 153 Å². The van der Waals surface area contributed by atoms with Gasteiger partial charge in [-0.05, 0) is 30.7 Å². The van der Waals surface area contributed by atoms with Gasteiger partial charge in [-0.1, -0.05) is 36.4 Å². The Morgan fingerprint density at radius 1 is 1.04 bits per heavy atom. The Morgan fingerprint density at radius 2 is 1.81 bits per heavy atom. The van der Waals surface area contributed by atoms with Crippen LogP contribution in [0.5, 0.6) is 0 Å². The maximum Gasteiger partial charge on any atom is 0.337 e. The van der Waals surface area contributed by atoms with Crippen LogP contribution < -0.4 is 11.2 Å². The molecule has 0 atom stereocenters. The van der Waals surface area contributed by atoms with Crippen LogP contribution in [0.2, 0.25) is 0 Å². The molecule has 2 aromatic carbocycles. The first-order valence-electron chi connectivity index (χ1n) is 8.60. The van der Waals surface area contributed by atoms with Crippen molar-refractivity contribution in [3.05, 3.63) is 93.1 Å². The Bertz CT molecular complexity index is 1240. The maximum atomic E-state index is 13.8. The molecule has 0 fully saturated rings. The maximum absolute atomic E-state index is 13.8. The highest BCUT2D eigenvalue weighted by atomic mass is 19.1. The summed E-state index contributed by atoms with van der Waals surface area (Å²) in [6.07, 6.45) is 1.52. The molecule has 0 aliphatic heterocycles. The number of halogens is 1. The van der Waals surface area contributed by atoms with E-state index in [-0.39, 0.29) is 12.2 Å². The van der Waals surface area contributed by atoms with Gasteiger partial charge in [0.05, 0.1) is 18.6 Å². The number of imidazole rings is 1. The minimum absolute atomic E-state index is 0.124. The van der Waals surface area contributed by atoms with Gasteiger partial charge in [-0.25, -0.2) is 18.7 Å². The molecule has 7 heteroatoms. The molecule has 0 bridgehead atoms. The van der Waals surface area contributed by atoms with Gasteiger partial charge in [0.1, 0.15) is 5.82 Å². The zero-order valence-corrected chi connectivity index (χ0v) is 14.7. The SMILES string of the molecule is CCn1cnc2c1c(=O)n(Cc1ccccc1)c(=O)n2-c1cccc(F)c1. The van der Waals surface area contributed by atoms with Crippen molar-refractivity contribution in [2.24, 2.45) is 0 Å². The second-order valence-corrected chi connectivity index (χ2v) is 6.18. The van der Waals surface area contributed by atoms with Gasteiger partial charge in [0.15, 0.2) is 11.2 Å². The summed E-state index contributed by atoms with van der Waals surface area (Å²) in [7, 11) is 0. The average Bonchev–Trinajstić information content (AvgIpc) is 3.10. The van der Waals surface area contributed by atoms with Crippen LogP contribution in [0.3, 0.4) is 0 Å². The third-order valence-corrected chi connectivity index (χ3v) is 4.49. The highest BCUT2D eigenvalue weighted by molar-refractivity contribution is 5.72. The van der Waals surface area contributed by atoms with Crippen molar-refractivity contribution >= 4 is 11.2 Å². The normalized spacial score (nSPS) is 11.2. The molecule has 0 aliphatic carbocycles. The molecule has 0 unspecified atom stereocenters. The number of nitrogens with zero attached hydrogens (tertiary/aromatic N) is 4. The van der Waals surface area contributed by atoms with Crippen molar-refractivity contribution in [3.63, 3.8) is 0 Å². The number of benzene rings is 2. The molecule has 0 saturated carbocycles. The molecule has 136 valence electrons. The smallest absolute Gasteiger partial charge is 0.325 e. The van der Waals surface area contributed by atoms with Gasteiger partial charge in [-0.3, -0.25) is 9.36 Å². The first-order valence-corrected chi connectivity index (χ1v) is 8.60. The Kier molecular flexibility index (Phi) is 4.19. The zero-order valence-electron chi connectivity index (χ0n) is 14.7. The number of aromatic nitrogens is 4. The van der Waals surface area contributed by atoms with Crippen LogP contribution in [0.25, 0.3) is 16.9 Å². The largest absolute Gasteiger partial charge is 0.337 e. The Hall–Kier alpha value is -3.48. The predicted octanol–water partition coefficient (Wildman–Crippen LogP) is 2.56. The lowest BCUT2D eigenvalue weighted by Crippen LogP contribution is -2.40. The summed E-state index contributed by atoms with van der Waals surface area (Å²) >= 11 is 0. The summed E-state index contributed by atoms with van der Waals surface area (Å²) in [6, 6.07) is 14.9. The molecule has 0 saturated heterocycles. The fourth-order valence-electron chi connectivity index (χ4n) is 3.17. The summed E-state index contributed by atoms with van der Waals surface area (Å²) in [5.74, 6) is -0.469. The van der Waals surface area contributed by atoms with E-state index in [0.717, 1.165) is 10.1 Å². The minimum Gasteiger partial charge on any atom is -0.325 e. The van der Waals surface area contributed by atoms with Crippen molar-refractivity contribution in [2.45, 2.75) is 20.0 Å². The van der Waals surface area contributed by atoms with Crippen LogP contribution in [0.4, 0.5) is 4.39 Å². The molecular formula is C20H17FN4O2. The van der Waals surface area contributed by atoms with Crippen LogP contribution >= 0.6 is 0 Å². The first-order chi connectivity index (χ1) is 13.1. The van der Waals surface area contributed by atoms with Crippen molar-refractivity contribution < 1.29 is 4.39 Å². The van der Waals surface area contributed by atoms with E-state index in [9.17, 15) is 14.0 Å². The molecule has 4 rings (SSSR count). The van der Waals surface area contributed by atoms with Crippen LogP contribution in [-0.2, 0) is 13.1 Å². The Morgan fingerprint density at radius 3 is 2.52 bits per heavy atom. The van der Waals surface area contributed by atoms with Crippen molar-refractivity contribution in [2.75, 3.05) is 0 Å². The summed E-state index contributed by atoms with van der Waals surface area (Å²) in [5.41, 5.74) is 0.728. The van der Waals surface area contributed by atoms with Crippen molar-refractivity contribution in [3.8, 4) is 5.69 Å². The summed E-state index contributed by atoms with van der Waals surface area (Å²) in [4.78, 5) is 30.5. The molecule has 0 amide bonds. The van der Waals surface area contributed by atoms with E-state index in [2.05, 4.69) is 4.98 Å². The van der Waals surface area contributed by atoms with Crippen LogP contribution in [0, 0.1) is 5.82 Å². The fraction of sp³-hybridized carbons (Fsp3) is 0.150. The van der Waals surface area contributed by atoms with Gasteiger partial charge in [0.2, 0.25) is 0 Å². The van der Waals surface area contributed by atoms with E-state index in [1.54, 1.807) is 10.6 Å². The molecule has 0 spiro atoms. The molecule has 2 heterocycles. The summed E-state index contributed by atoms with van der Waals surface area (Å²) in [5, 5.41) is 0. The topological polar surface area (TPSA) is 61.8 Å². The quantitative estimate of drug-likeness (QED) is 0.559. The second-order valence-electron chi connectivity index (χ2n) is 6.18. The molecule has 6 nitrogen and oxygen atoms in total. The lowest BCUT2D eigenvalue weighted by Gasteiger charge is -2.12. The highest BCUT2D eigenvalue weighted by Crippen LogP contribution is 2.14. The van der Waals surface area contributed by atoms with E-state index in [1.807, 2.05) is 37.3 Å². The lowest BCUT2D eigenvalue weighted by molar-refractivity contribution is 0.624. The third-order valence-electron chi connectivity index (χ3n) is 4.49. The van der Waals surface area contributed by atoms with Gasteiger partial charge < -0.3 is 4.57 Å². The predicted molar refractivity (Wildman–Crippen MR) is 101 cm³/mol. The van der Waals surface area contributed by atoms with Gasteiger partial charge in [0, 0.05) is 6.54 Å². The van der Waals surface area contributed by atoms with E-state index >= 15 is 0 Å². The van der Waals surface area contributed by atoms with Gasteiger partial charge in [-0.2, -0.15) is 0 Å². The van der Waals surface area contributed by atoms with Crippen LogP contribution in [0.15, 0.2) is 70.5 Å². The molecule has 0 N–H and O–H groups in total. The number of hydrogen-bond acceptors (Lipinski definition) is 3. The highest BCUT2D eigenvalue weighted by Gasteiger charge is 2.19. The number of aryl methyl sites for hydroxylation is 1. The molecular weight excluding hydrogens is 347 g/mol. The number of fused-ring (bicyclic) bond motifs is 1. The average molecular weight is 364 g/mol. The molecule has 0 radical (unpaired) electrons. The van der Waals surface area contributed by atoms with E-state index in [0.29, 0.717) is 17.7 Å². The second kappa shape index (κ2) is 6.68. The molecule has 27 heavy (non-hydrogen) atoms.